The fraction of sp³-hybridized carbons (Fsp3) is 0.368. The topological polar surface area (TPSA) is 36.4 Å². The van der Waals surface area contributed by atoms with Crippen LogP contribution in [0.15, 0.2) is 29.6 Å². The quantitative estimate of drug-likeness (QED) is 0.701. The van der Waals surface area contributed by atoms with Gasteiger partial charge in [-0.05, 0) is 36.4 Å². The van der Waals surface area contributed by atoms with Crippen molar-refractivity contribution >= 4 is 43.9 Å². The van der Waals surface area contributed by atoms with Crippen LogP contribution >= 0.6 is 22.7 Å². The Balaban J connectivity index is 1.44. The molecule has 1 fully saturated rings. The average Bonchev–Trinajstić information content (AvgIpc) is 3.28. The van der Waals surface area contributed by atoms with Gasteiger partial charge in [-0.2, -0.15) is 0 Å². The van der Waals surface area contributed by atoms with Gasteiger partial charge in [0.2, 0.25) is 5.91 Å². The van der Waals surface area contributed by atoms with Gasteiger partial charge < -0.3 is 9.80 Å². The maximum absolute atomic E-state index is 12.4. The van der Waals surface area contributed by atoms with E-state index in [1.807, 2.05) is 22.4 Å². The van der Waals surface area contributed by atoms with E-state index in [-0.39, 0.29) is 5.91 Å². The van der Waals surface area contributed by atoms with Gasteiger partial charge >= 0.3 is 0 Å². The molecule has 0 spiro atoms. The van der Waals surface area contributed by atoms with Gasteiger partial charge in [0, 0.05) is 31.1 Å². The van der Waals surface area contributed by atoms with Crippen LogP contribution in [0.3, 0.4) is 0 Å². The Hall–Kier alpha value is -1.92. The SMILES string of the molecule is Cc1ccc(C)c2sc(N3CCN(C(=O)Cc4cccs4)CC3)nc12. The Morgan fingerprint density at radius 2 is 1.88 bits per heavy atom. The van der Waals surface area contributed by atoms with Gasteiger partial charge in [-0.3, -0.25) is 4.79 Å². The summed E-state index contributed by atoms with van der Waals surface area (Å²) in [5.41, 5.74) is 3.64. The summed E-state index contributed by atoms with van der Waals surface area (Å²) in [4.78, 5) is 22.8. The van der Waals surface area contributed by atoms with E-state index in [2.05, 4.69) is 30.9 Å². The molecule has 0 bridgehead atoms. The maximum atomic E-state index is 12.4. The van der Waals surface area contributed by atoms with Gasteiger partial charge in [0.25, 0.3) is 0 Å². The number of amides is 1. The third-order valence-electron chi connectivity index (χ3n) is 4.74. The van der Waals surface area contributed by atoms with Crippen molar-refractivity contribution in [3.05, 3.63) is 45.6 Å². The number of thiazole rings is 1. The molecule has 25 heavy (non-hydrogen) atoms. The highest BCUT2D eigenvalue weighted by Gasteiger charge is 2.23. The number of rotatable bonds is 3. The largest absolute Gasteiger partial charge is 0.345 e. The maximum Gasteiger partial charge on any atom is 0.227 e. The van der Waals surface area contributed by atoms with Crippen molar-refractivity contribution in [2.45, 2.75) is 20.3 Å². The first-order valence-electron chi connectivity index (χ1n) is 8.53. The molecule has 0 N–H and O–H groups in total. The number of hydrogen-bond acceptors (Lipinski definition) is 5. The van der Waals surface area contributed by atoms with E-state index in [9.17, 15) is 4.79 Å². The molecule has 3 aromatic rings. The second-order valence-electron chi connectivity index (χ2n) is 6.50. The number of hydrogen-bond donors (Lipinski definition) is 0. The Morgan fingerprint density at radius 3 is 2.56 bits per heavy atom. The summed E-state index contributed by atoms with van der Waals surface area (Å²) in [6.07, 6.45) is 0.525. The van der Waals surface area contributed by atoms with E-state index < -0.39 is 0 Å². The molecule has 6 heteroatoms. The molecule has 4 rings (SSSR count). The number of fused-ring (bicyclic) bond motifs is 1. The molecule has 1 aliphatic rings. The number of thiophene rings is 1. The number of carbonyl (C=O) groups is 1. The number of benzene rings is 1. The molecule has 0 radical (unpaired) electrons. The molecule has 1 aliphatic heterocycles. The first-order valence-corrected chi connectivity index (χ1v) is 10.2. The normalized spacial score (nSPS) is 15.1. The van der Waals surface area contributed by atoms with Crippen molar-refractivity contribution in [1.82, 2.24) is 9.88 Å². The molecular weight excluding hydrogens is 350 g/mol. The molecule has 0 saturated carbocycles. The molecule has 1 saturated heterocycles. The van der Waals surface area contributed by atoms with E-state index in [1.165, 1.54) is 15.8 Å². The third-order valence-corrected chi connectivity index (χ3v) is 6.87. The summed E-state index contributed by atoms with van der Waals surface area (Å²) < 4.78 is 1.28. The summed E-state index contributed by atoms with van der Waals surface area (Å²) in [5, 5.41) is 3.11. The Morgan fingerprint density at radius 1 is 1.12 bits per heavy atom. The number of aryl methyl sites for hydroxylation is 2. The minimum atomic E-state index is 0.234. The minimum Gasteiger partial charge on any atom is -0.345 e. The number of piperazine rings is 1. The molecule has 0 aliphatic carbocycles. The molecule has 1 aromatic carbocycles. The molecule has 3 heterocycles. The van der Waals surface area contributed by atoms with Crippen molar-refractivity contribution in [3.63, 3.8) is 0 Å². The van der Waals surface area contributed by atoms with Gasteiger partial charge in [0.05, 0.1) is 16.6 Å². The van der Waals surface area contributed by atoms with E-state index in [0.717, 1.165) is 41.7 Å². The smallest absolute Gasteiger partial charge is 0.227 e. The van der Waals surface area contributed by atoms with E-state index in [1.54, 1.807) is 22.7 Å². The van der Waals surface area contributed by atoms with Gasteiger partial charge in [-0.15, -0.1) is 11.3 Å². The van der Waals surface area contributed by atoms with Crippen molar-refractivity contribution in [3.8, 4) is 0 Å². The van der Waals surface area contributed by atoms with Crippen LogP contribution in [-0.4, -0.2) is 42.0 Å². The van der Waals surface area contributed by atoms with Crippen LogP contribution in [0.2, 0.25) is 0 Å². The van der Waals surface area contributed by atoms with Crippen molar-refractivity contribution in [2.75, 3.05) is 31.1 Å². The van der Waals surface area contributed by atoms with Crippen LogP contribution in [0.4, 0.5) is 5.13 Å². The van der Waals surface area contributed by atoms with Crippen LogP contribution < -0.4 is 4.90 Å². The highest BCUT2D eigenvalue weighted by atomic mass is 32.1. The molecule has 4 nitrogen and oxygen atoms in total. The predicted molar refractivity (Wildman–Crippen MR) is 106 cm³/mol. The highest BCUT2D eigenvalue weighted by molar-refractivity contribution is 7.22. The number of carbonyl (C=O) groups excluding carboxylic acids is 1. The summed E-state index contributed by atoms with van der Waals surface area (Å²) in [6.45, 7) is 7.52. The second kappa shape index (κ2) is 6.77. The average molecular weight is 372 g/mol. The first-order chi connectivity index (χ1) is 12.1. The van der Waals surface area contributed by atoms with Crippen LogP contribution in [0.1, 0.15) is 16.0 Å². The summed E-state index contributed by atoms with van der Waals surface area (Å²) in [5.74, 6) is 0.234. The Labute approximate surface area is 155 Å². The third kappa shape index (κ3) is 3.28. The van der Waals surface area contributed by atoms with Crippen LogP contribution in [0, 0.1) is 13.8 Å². The number of nitrogens with zero attached hydrogens (tertiary/aromatic N) is 3. The Bertz CT molecular complexity index is 854. The summed E-state index contributed by atoms with van der Waals surface area (Å²) >= 11 is 3.42. The van der Waals surface area contributed by atoms with Crippen molar-refractivity contribution < 1.29 is 4.79 Å². The van der Waals surface area contributed by atoms with E-state index in [4.69, 9.17) is 4.98 Å². The minimum absolute atomic E-state index is 0.234. The number of anilines is 1. The molecular formula is C19H21N3OS2. The standard InChI is InChI=1S/C19H21N3OS2/c1-13-5-6-14(2)18-17(13)20-19(25-18)22-9-7-21(8-10-22)16(23)12-15-4-3-11-24-15/h3-6,11H,7-10,12H2,1-2H3. The van der Waals surface area contributed by atoms with Gasteiger partial charge in [-0.1, -0.05) is 29.5 Å². The Kier molecular flexibility index (Phi) is 4.48. The highest BCUT2D eigenvalue weighted by Crippen LogP contribution is 2.33. The van der Waals surface area contributed by atoms with Crippen molar-refractivity contribution in [1.29, 1.82) is 0 Å². The van der Waals surface area contributed by atoms with Crippen molar-refractivity contribution in [2.24, 2.45) is 0 Å². The van der Waals surface area contributed by atoms with E-state index >= 15 is 0 Å². The lowest BCUT2D eigenvalue weighted by Crippen LogP contribution is -2.49. The molecule has 130 valence electrons. The van der Waals surface area contributed by atoms with Crippen LogP contribution in [0.25, 0.3) is 10.2 Å². The van der Waals surface area contributed by atoms with Gasteiger partial charge in [0.15, 0.2) is 5.13 Å². The lowest BCUT2D eigenvalue weighted by Gasteiger charge is -2.34. The molecule has 2 aromatic heterocycles. The van der Waals surface area contributed by atoms with E-state index in [0.29, 0.717) is 6.42 Å². The van der Waals surface area contributed by atoms with Gasteiger partial charge in [-0.25, -0.2) is 4.98 Å². The molecule has 0 unspecified atom stereocenters. The monoisotopic (exact) mass is 371 g/mol. The second-order valence-corrected chi connectivity index (χ2v) is 8.51. The fourth-order valence-corrected chi connectivity index (χ4v) is 5.06. The van der Waals surface area contributed by atoms with Crippen LogP contribution in [-0.2, 0) is 11.2 Å². The zero-order chi connectivity index (χ0) is 17.4. The first kappa shape index (κ1) is 16.5. The summed E-state index contributed by atoms with van der Waals surface area (Å²) in [6, 6.07) is 8.34. The molecule has 1 amide bonds. The summed E-state index contributed by atoms with van der Waals surface area (Å²) in [7, 11) is 0. The number of aromatic nitrogens is 1. The lowest BCUT2D eigenvalue weighted by molar-refractivity contribution is -0.130. The lowest BCUT2D eigenvalue weighted by atomic mass is 10.1. The van der Waals surface area contributed by atoms with Crippen LogP contribution in [0.5, 0.6) is 0 Å². The van der Waals surface area contributed by atoms with Gasteiger partial charge in [0.1, 0.15) is 0 Å². The fourth-order valence-electron chi connectivity index (χ4n) is 3.20. The zero-order valence-corrected chi connectivity index (χ0v) is 16.1. The zero-order valence-electron chi connectivity index (χ0n) is 14.5. The molecule has 0 atom stereocenters. The predicted octanol–water partition coefficient (Wildman–Crippen LogP) is 3.87.